The molecule has 1 aliphatic rings. The Morgan fingerprint density at radius 3 is 2.48 bits per heavy atom. The quantitative estimate of drug-likeness (QED) is 0.580. The lowest BCUT2D eigenvalue weighted by molar-refractivity contribution is -0.138. The van der Waals surface area contributed by atoms with Crippen LogP contribution in [0, 0.1) is 17.1 Å². The number of hydrogen-bond donors (Lipinski definition) is 2. The van der Waals surface area contributed by atoms with Crippen molar-refractivity contribution < 1.29 is 27.2 Å². The van der Waals surface area contributed by atoms with Gasteiger partial charge < -0.3 is 10.6 Å². The zero-order valence-electron chi connectivity index (χ0n) is 14.8. The number of alkyl halides is 3. The first-order valence-electron chi connectivity index (χ1n) is 8.50. The summed E-state index contributed by atoms with van der Waals surface area (Å²) in [5.74, 6) is -1.37. The van der Waals surface area contributed by atoms with Crippen LogP contribution in [0.2, 0.25) is 0 Å². The molecule has 0 saturated heterocycles. The van der Waals surface area contributed by atoms with Gasteiger partial charge in [-0.3, -0.25) is 9.59 Å². The van der Waals surface area contributed by atoms with E-state index in [1.165, 1.54) is 18.2 Å². The van der Waals surface area contributed by atoms with Crippen LogP contribution in [0.1, 0.15) is 40.9 Å². The maximum absolute atomic E-state index is 13.8. The van der Waals surface area contributed by atoms with Crippen molar-refractivity contribution in [2.24, 2.45) is 0 Å². The third-order valence-corrected chi connectivity index (χ3v) is 4.71. The van der Waals surface area contributed by atoms with Crippen molar-refractivity contribution in [1.29, 1.82) is 5.26 Å². The Balaban J connectivity index is 1.83. The van der Waals surface area contributed by atoms with Gasteiger partial charge in [-0.2, -0.15) is 18.4 Å². The molecule has 0 aliphatic heterocycles. The second kappa shape index (κ2) is 7.50. The molecule has 0 unspecified atom stereocenters. The predicted molar refractivity (Wildman–Crippen MR) is 94.6 cm³/mol. The zero-order valence-corrected chi connectivity index (χ0v) is 14.8. The first-order chi connectivity index (χ1) is 13.7. The molecule has 0 radical (unpaired) electrons. The zero-order chi connectivity index (χ0) is 21.2. The maximum Gasteiger partial charge on any atom is 0.419 e. The van der Waals surface area contributed by atoms with Crippen molar-refractivity contribution in [3.05, 3.63) is 53.1 Å². The van der Waals surface area contributed by atoms with E-state index in [9.17, 15) is 27.2 Å². The average molecular weight is 406 g/mol. The molecule has 10 heteroatoms. The number of aromatic nitrogens is 1. The van der Waals surface area contributed by atoms with Gasteiger partial charge in [0.15, 0.2) is 12.0 Å². The van der Waals surface area contributed by atoms with E-state index in [-0.39, 0.29) is 16.9 Å². The third kappa shape index (κ3) is 4.03. The van der Waals surface area contributed by atoms with Crippen LogP contribution in [-0.2, 0) is 11.0 Å². The summed E-state index contributed by atoms with van der Waals surface area (Å²) >= 11 is 0. The number of nitrogens with one attached hydrogen (secondary N) is 2. The summed E-state index contributed by atoms with van der Waals surface area (Å²) in [7, 11) is 0. The minimum atomic E-state index is -4.80. The van der Waals surface area contributed by atoms with Crippen LogP contribution in [0.4, 0.5) is 28.9 Å². The number of carbonyl (C=O) groups is 2. The van der Waals surface area contributed by atoms with E-state index in [0.29, 0.717) is 31.6 Å². The van der Waals surface area contributed by atoms with Crippen molar-refractivity contribution in [2.75, 3.05) is 10.6 Å². The van der Waals surface area contributed by atoms with Gasteiger partial charge in [0.2, 0.25) is 5.91 Å². The summed E-state index contributed by atoms with van der Waals surface area (Å²) in [5.41, 5.74) is -3.26. The number of hydrogen-bond acceptors (Lipinski definition) is 5. The van der Waals surface area contributed by atoms with Gasteiger partial charge in [-0.05, 0) is 43.5 Å². The Hall–Kier alpha value is -3.48. The lowest BCUT2D eigenvalue weighted by Gasteiger charge is -2.41. The first-order valence-corrected chi connectivity index (χ1v) is 8.50. The van der Waals surface area contributed by atoms with Crippen LogP contribution in [0.25, 0.3) is 0 Å². The fourth-order valence-corrected chi connectivity index (χ4v) is 3.00. The van der Waals surface area contributed by atoms with E-state index < -0.39 is 34.7 Å². The summed E-state index contributed by atoms with van der Waals surface area (Å²) in [6, 6.07) is 5.78. The van der Waals surface area contributed by atoms with Crippen LogP contribution in [-0.4, -0.2) is 22.7 Å². The molecule has 1 heterocycles. The van der Waals surface area contributed by atoms with Crippen LogP contribution >= 0.6 is 0 Å². The van der Waals surface area contributed by atoms with Gasteiger partial charge in [0, 0.05) is 5.69 Å². The van der Waals surface area contributed by atoms with Crippen LogP contribution in [0.15, 0.2) is 30.5 Å². The fourth-order valence-electron chi connectivity index (χ4n) is 3.00. The Morgan fingerprint density at radius 2 is 1.97 bits per heavy atom. The van der Waals surface area contributed by atoms with Gasteiger partial charge in [0.25, 0.3) is 0 Å². The van der Waals surface area contributed by atoms with Gasteiger partial charge in [0.05, 0.1) is 23.0 Å². The Morgan fingerprint density at radius 1 is 1.24 bits per heavy atom. The second-order valence-corrected chi connectivity index (χ2v) is 6.60. The molecule has 29 heavy (non-hydrogen) atoms. The van der Waals surface area contributed by atoms with E-state index in [0.717, 1.165) is 12.3 Å². The molecule has 0 bridgehead atoms. The van der Waals surface area contributed by atoms with E-state index in [2.05, 4.69) is 15.6 Å². The summed E-state index contributed by atoms with van der Waals surface area (Å²) in [5, 5.41) is 14.1. The standard InChI is InChI=1S/C19H14F4N4O2/c20-15-7-12(3-2-11(15)10-28)27-18(4-1-5-18)17(29)26-13-6-14(19(21,22)23)16(8-24)25-9-13/h2-3,6-7,9-10,27H,1,4-5H2,(H,26,29). The van der Waals surface area contributed by atoms with Crippen LogP contribution in [0.3, 0.4) is 0 Å². The molecule has 2 N–H and O–H groups in total. The van der Waals surface area contributed by atoms with Crippen molar-refractivity contribution >= 4 is 23.6 Å². The number of rotatable bonds is 5. The van der Waals surface area contributed by atoms with Crippen molar-refractivity contribution in [3.63, 3.8) is 0 Å². The van der Waals surface area contributed by atoms with Gasteiger partial charge in [-0.25, -0.2) is 9.37 Å². The molecule has 2 aromatic rings. The summed E-state index contributed by atoms with van der Waals surface area (Å²) in [6.45, 7) is 0. The molecule has 6 nitrogen and oxygen atoms in total. The predicted octanol–water partition coefficient (Wildman–Crippen LogP) is 3.90. The van der Waals surface area contributed by atoms with Crippen molar-refractivity contribution in [3.8, 4) is 6.07 Å². The number of carbonyl (C=O) groups excluding carboxylic acids is 2. The van der Waals surface area contributed by atoms with Gasteiger partial charge >= 0.3 is 6.18 Å². The fraction of sp³-hybridized carbons (Fsp3) is 0.263. The minimum absolute atomic E-state index is 0.133. The van der Waals surface area contributed by atoms with Crippen molar-refractivity contribution in [2.45, 2.75) is 31.0 Å². The monoisotopic (exact) mass is 406 g/mol. The number of nitriles is 1. The molecule has 0 spiro atoms. The van der Waals surface area contributed by atoms with Gasteiger partial charge in [0.1, 0.15) is 17.4 Å². The number of halogens is 4. The van der Waals surface area contributed by atoms with Gasteiger partial charge in [-0.1, -0.05) is 0 Å². The second-order valence-electron chi connectivity index (χ2n) is 6.60. The SMILES string of the molecule is N#Cc1ncc(NC(=O)C2(Nc3ccc(C=O)c(F)c3)CCC2)cc1C(F)(F)F. The highest BCUT2D eigenvalue weighted by atomic mass is 19.4. The molecular weight excluding hydrogens is 392 g/mol. The Kier molecular flexibility index (Phi) is 5.24. The Labute approximate surface area is 162 Å². The number of benzene rings is 1. The molecule has 150 valence electrons. The average Bonchev–Trinajstić information content (AvgIpc) is 2.64. The largest absolute Gasteiger partial charge is 0.419 e. The van der Waals surface area contributed by atoms with E-state index in [1.54, 1.807) is 0 Å². The molecule has 1 aliphatic carbocycles. The normalized spacial score (nSPS) is 15.0. The highest BCUT2D eigenvalue weighted by Gasteiger charge is 2.44. The number of aldehydes is 1. The number of pyridine rings is 1. The third-order valence-electron chi connectivity index (χ3n) is 4.71. The summed E-state index contributed by atoms with van der Waals surface area (Å²) in [6.07, 6.45) is -2.02. The smallest absolute Gasteiger partial charge is 0.371 e. The molecule has 1 saturated carbocycles. The topological polar surface area (TPSA) is 94.9 Å². The van der Waals surface area contributed by atoms with Crippen molar-refractivity contribution in [1.82, 2.24) is 4.98 Å². The highest BCUT2D eigenvalue weighted by Crippen LogP contribution is 2.37. The first kappa shape index (κ1) is 20.3. The van der Waals surface area contributed by atoms with E-state index in [1.807, 2.05) is 0 Å². The highest BCUT2D eigenvalue weighted by molar-refractivity contribution is 6.01. The number of amides is 1. The molecule has 3 rings (SSSR count). The van der Waals surface area contributed by atoms with E-state index in [4.69, 9.17) is 5.26 Å². The minimum Gasteiger partial charge on any atom is -0.371 e. The molecular formula is C19H14F4N4O2. The molecule has 1 fully saturated rings. The van der Waals surface area contributed by atoms with Crippen LogP contribution in [0.5, 0.6) is 0 Å². The molecule has 1 aromatic carbocycles. The van der Waals surface area contributed by atoms with Crippen LogP contribution < -0.4 is 10.6 Å². The van der Waals surface area contributed by atoms with E-state index >= 15 is 0 Å². The van der Waals surface area contributed by atoms with Gasteiger partial charge in [-0.15, -0.1) is 0 Å². The molecule has 0 atom stereocenters. The lowest BCUT2D eigenvalue weighted by atomic mass is 9.75. The lowest BCUT2D eigenvalue weighted by Crippen LogP contribution is -2.54. The maximum atomic E-state index is 13.8. The summed E-state index contributed by atoms with van der Waals surface area (Å²) < 4.78 is 53.0. The number of anilines is 2. The summed E-state index contributed by atoms with van der Waals surface area (Å²) in [4.78, 5) is 26.9. The molecule has 1 aromatic heterocycles. The molecule has 1 amide bonds. The Bertz CT molecular complexity index is 1010. The number of nitrogens with zero attached hydrogens (tertiary/aromatic N) is 2.